The Bertz CT molecular complexity index is 1900. The van der Waals surface area contributed by atoms with Crippen LogP contribution in [0.4, 0.5) is 0 Å². The Hall–Kier alpha value is -3.27. The maximum atomic E-state index is 12.2. The van der Waals surface area contributed by atoms with Gasteiger partial charge in [0.25, 0.3) is 0 Å². The quantitative estimate of drug-likeness (QED) is 0.0963. The molecule has 1 radical (unpaired) electrons. The molecule has 5 heteroatoms. The van der Waals surface area contributed by atoms with Gasteiger partial charge in [-0.25, -0.2) is 0 Å². The number of hydrogen-bond acceptors (Lipinski definition) is 4. The minimum absolute atomic E-state index is 0. The largest absolute Gasteiger partial charge is 0.512 e. The number of benzene rings is 3. The first kappa shape index (κ1) is 38.2. The van der Waals surface area contributed by atoms with E-state index in [2.05, 4.69) is 82.3 Å². The average molecular weight is 811 g/mol. The van der Waals surface area contributed by atoms with E-state index in [1.165, 1.54) is 22.6 Å². The van der Waals surface area contributed by atoms with Crippen LogP contribution in [0.25, 0.3) is 43.9 Å². The van der Waals surface area contributed by atoms with Gasteiger partial charge in [0.15, 0.2) is 5.78 Å². The molecule has 5 rings (SSSR count). The molecule has 0 spiro atoms. The first-order chi connectivity index (χ1) is 21.6. The summed E-state index contributed by atoms with van der Waals surface area (Å²) >= 11 is 0. The van der Waals surface area contributed by atoms with Crippen LogP contribution in [-0.2, 0) is 30.3 Å². The first-order valence-electron chi connectivity index (χ1n) is 16.8. The Morgan fingerprint density at radius 3 is 1.98 bits per heavy atom. The molecule has 5 aromatic rings. The third kappa shape index (κ3) is 7.58. The Morgan fingerprint density at radius 2 is 1.40 bits per heavy atom. The maximum absolute atomic E-state index is 12.2. The Balaban J connectivity index is 0.000000290. The topological polar surface area (TPSA) is 63.3 Å². The summed E-state index contributed by atoms with van der Waals surface area (Å²) in [5.74, 6) is 1.23. The predicted molar refractivity (Wildman–Crippen MR) is 195 cm³/mol. The monoisotopic (exact) mass is 811 g/mol. The van der Waals surface area contributed by atoms with E-state index in [4.69, 9.17) is 9.40 Å². The van der Waals surface area contributed by atoms with E-state index in [9.17, 15) is 9.90 Å². The normalized spacial score (nSPS) is 12.6. The van der Waals surface area contributed by atoms with Crippen LogP contribution in [-0.4, -0.2) is 15.9 Å². The van der Waals surface area contributed by atoms with Gasteiger partial charge in [0.1, 0.15) is 17.1 Å². The Morgan fingerprint density at radius 1 is 0.851 bits per heavy atom. The second kappa shape index (κ2) is 14.9. The van der Waals surface area contributed by atoms with Crippen molar-refractivity contribution in [3.8, 4) is 11.3 Å². The third-order valence-corrected chi connectivity index (χ3v) is 10.4. The van der Waals surface area contributed by atoms with Crippen LogP contribution in [0.1, 0.15) is 105 Å². The van der Waals surface area contributed by atoms with Gasteiger partial charge >= 0.3 is 0 Å². The van der Waals surface area contributed by atoms with Gasteiger partial charge in [-0.1, -0.05) is 110 Å². The SMILES string of the molecule is CCC(C)(CC)C(=O)/C=C(\O)C(C)(CC)CC.Cc1oc2c(-c3[c-]c4ccccc4c(C(C)(C)C)c3)nc3ccccc3c2c1C.[Ir]. The van der Waals surface area contributed by atoms with Crippen LogP contribution < -0.4 is 0 Å². The molecule has 47 heavy (non-hydrogen) atoms. The van der Waals surface area contributed by atoms with E-state index in [1.54, 1.807) is 0 Å². The number of aromatic nitrogens is 1. The maximum Gasteiger partial charge on any atom is 0.164 e. The van der Waals surface area contributed by atoms with E-state index in [0.717, 1.165) is 70.0 Å². The fraction of sp³-hybridized carbons (Fsp3) is 0.429. The minimum atomic E-state index is -0.337. The predicted octanol–water partition coefficient (Wildman–Crippen LogP) is 12.2. The van der Waals surface area contributed by atoms with Crippen molar-refractivity contribution >= 4 is 38.4 Å². The molecule has 0 saturated heterocycles. The number of hydrogen-bond donors (Lipinski definition) is 1. The molecule has 1 N–H and O–H groups in total. The molecule has 0 aliphatic heterocycles. The van der Waals surface area contributed by atoms with Gasteiger partial charge in [-0.3, -0.25) is 9.78 Å². The van der Waals surface area contributed by atoms with E-state index < -0.39 is 0 Å². The zero-order valence-corrected chi connectivity index (χ0v) is 32.5. The molecule has 4 nitrogen and oxygen atoms in total. The molecule has 2 aromatic heterocycles. The third-order valence-electron chi connectivity index (χ3n) is 10.4. The summed E-state index contributed by atoms with van der Waals surface area (Å²) in [6, 6.07) is 22.6. The summed E-state index contributed by atoms with van der Waals surface area (Å²) in [6.07, 6.45) is 4.75. The molecule has 253 valence electrons. The number of aliphatic hydroxyl groups is 1. The zero-order chi connectivity index (χ0) is 34.0. The van der Waals surface area contributed by atoms with Crippen molar-refractivity contribution in [2.75, 3.05) is 0 Å². The van der Waals surface area contributed by atoms with Crippen LogP contribution in [0.5, 0.6) is 0 Å². The van der Waals surface area contributed by atoms with Gasteiger partial charge < -0.3 is 9.52 Å². The van der Waals surface area contributed by atoms with E-state index in [0.29, 0.717) is 0 Å². The van der Waals surface area contributed by atoms with Crippen molar-refractivity contribution in [3.05, 3.63) is 89.4 Å². The van der Waals surface area contributed by atoms with Crippen LogP contribution in [0.15, 0.2) is 70.8 Å². The number of nitrogens with zero attached hydrogens (tertiary/aromatic N) is 1. The number of aryl methyl sites for hydroxylation is 2. The number of rotatable bonds is 8. The van der Waals surface area contributed by atoms with Gasteiger partial charge in [-0.2, -0.15) is 0 Å². The zero-order valence-electron chi connectivity index (χ0n) is 30.1. The summed E-state index contributed by atoms with van der Waals surface area (Å²) in [5.41, 5.74) is 5.57. The number of allylic oxidation sites excluding steroid dienone is 2. The fourth-order valence-electron chi connectivity index (χ4n) is 5.92. The van der Waals surface area contributed by atoms with Crippen molar-refractivity contribution in [3.63, 3.8) is 0 Å². The number of ketones is 1. The number of carbonyl (C=O) groups excluding carboxylic acids is 1. The number of fused-ring (bicyclic) bond motifs is 4. The van der Waals surface area contributed by atoms with Crippen molar-refractivity contribution in [2.24, 2.45) is 10.8 Å². The van der Waals surface area contributed by atoms with E-state index in [1.807, 2.05) is 54.5 Å². The van der Waals surface area contributed by atoms with Crippen molar-refractivity contribution in [2.45, 2.75) is 107 Å². The van der Waals surface area contributed by atoms with Gasteiger partial charge in [0.05, 0.1) is 5.52 Å². The summed E-state index contributed by atoms with van der Waals surface area (Å²) < 4.78 is 6.25. The first-order valence-corrected chi connectivity index (χ1v) is 16.8. The Kier molecular flexibility index (Phi) is 12.1. The molecule has 0 unspecified atom stereocenters. The van der Waals surface area contributed by atoms with Crippen LogP contribution in [0.3, 0.4) is 0 Å². The minimum Gasteiger partial charge on any atom is -0.512 e. The molecule has 3 aromatic carbocycles. The molecule has 0 aliphatic rings. The molecular formula is C42H52IrNO3-. The molecule has 0 aliphatic carbocycles. The van der Waals surface area contributed by atoms with Crippen molar-refractivity contribution in [1.29, 1.82) is 0 Å². The second-order valence-corrected chi connectivity index (χ2v) is 14.3. The van der Waals surface area contributed by atoms with Crippen LogP contribution in [0, 0.1) is 30.7 Å². The van der Waals surface area contributed by atoms with E-state index >= 15 is 0 Å². The average Bonchev–Trinajstić information content (AvgIpc) is 3.36. The van der Waals surface area contributed by atoms with Crippen LogP contribution >= 0.6 is 0 Å². The van der Waals surface area contributed by atoms with Gasteiger partial charge in [0, 0.05) is 53.5 Å². The fourth-order valence-corrected chi connectivity index (χ4v) is 5.92. The number of pyridine rings is 1. The number of furan rings is 1. The smallest absolute Gasteiger partial charge is 0.164 e. The van der Waals surface area contributed by atoms with Gasteiger partial charge in [-0.05, 0) is 56.6 Å². The van der Waals surface area contributed by atoms with Gasteiger partial charge in [0.2, 0.25) is 0 Å². The second-order valence-electron chi connectivity index (χ2n) is 14.3. The van der Waals surface area contributed by atoms with Crippen LogP contribution in [0.2, 0.25) is 0 Å². The number of carbonyl (C=O) groups is 1. The molecule has 2 heterocycles. The van der Waals surface area contributed by atoms with Crippen molar-refractivity contribution in [1.82, 2.24) is 4.98 Å². The Labute approximate surface area is 295 Å². The molecule has 0 bridgehead atoms. The standard InChI is InChI=1S/C27H24NO.C15H28O2.Ir/c1-16-17(2)29-26-24(16)21-12-8-9-13-23(21)28-25(26)19-14-18-10-6-7-11-20(18)22(15-19)27(3,4)5;1-7-14(5,8-2)12(16)11-13(17)15(6,9-3)10-4;/h6-13,15H,1-5H3;11,16H,7-10H2,1-6H3;/q-1;;/b;12-11-;. The number of para-hydroxylation sites is 1. The van der Waals surface area contributed by atoms with Crippen molar-refractivity contribution < 1.29 is 34.4 Å². The van der Waals surface area contributed by atoms with Gasteiger partial charge in [-0.15, -0.1) is 29.1 Å². The molecular weight excluding hydrogens is 759 g/mol. The van der Waals surface area contributed by atoms with E-state index in [-0.39, 0.29) is 47.9 Å². The summed E-state index contributed by atoms with van der Waals surface area (Å²) in [4.78, 5) is 17.2. The molecule has 0 atom stereocenters. The summed E-state index contributed by atoms with van der Waals surface area (Å²) in [7, 11) is 0. The summed E-state index contributed by atoms with van der Waals surface area (Å²) in [5, 5.41) is 14.8. The number of aliphatic hydroxyl groups excluding tert-OH is 1. The molecule has 0 saturated carbocycles. The summed E-state index contributed by atoms with van der Waals surface area (Å²) in [6.45, 7) is 23.0. The molecule has 0 fully saturated rings. The molecule has 0 amide bonds.